The first-order chi connectivity index (χ1) is 8.57. The second kappa shape index (κ2) is 11.5. The molecule has 0 rings (SSSR count). The highest BCUT2D eigenvalue weighted by molar-refractivity contribution is 5.81. The Morgan fingerprint density at radius 2 is 1.72 bits per heavy atom. The van der Waals surface area contributed by atoms with Gasteiger partial charge in [0.2, 0.25) is 5.91 Å². The van der Waals surface area contributed by atoms with E-state index in [1.807, 2.05) is 0 Å². The number of amides is 1. The molecule has 18 heavy (non-hydrogen) atoms. The fourth-order valence-corrected chi connectivity index (χ4v) is 1.93. The van der Waals surface area contributed by atoms with E-state index >= 15 is 0 Å². The van der Waals surface area contributed by atoms with Crippen LogP contribution in [0.15, 0.2) is 0 Å². The van der Waals surface area contributed by atoms with Crippen LogP contribution in [-0.4, -0.2) is 18.5 Å². The summed E-state index contributed by atoms with van der Waals surface area (Å²) in [6.45, 7) is 7.41. The zero-order valence-corrected chi connectivity index (χ0v) is 12.5. The fraction of sp³-hybridized carbons (Fsp3) is 0.933. The van der Waals surface area contributed by atoms with E-state index in [0.717, 1.165) is 38.1 Å². The first-order valence-corrected chi connectivity index (χ1v) is 7.61. The third kappa shape index (κ3) is 10.6. The highest BCUT2D eigenvalue weighted by Crippen LogP contribution is 2.09. The van der Waals surface area contributed by atoms with Gasteiger partial charge in [0.1, 0.15) is 0 Å². The molecule has 0 spiro atoms. The molecule has 1 amide bonds. The lowest BCUT2D eigenvalue weighted by molar-refractivity contribution is -0.122. The Bertz CT molecular complexity index is 205. The molecule has 0 bridgehead atoms. The minimum absolute atomic E-state index is 0.0191. The normalized spacial score (nSPS) is 12.7. The van der Waals surface area contributed by atoms with Crippen LogP contribution < -0.4 is 11.1 Å². The van der Waals surface area contributed by atoms with E-state index in [1.165, 1.54) is 25.7 Å². The zero-order valence-electron chi connectivity index (χ0n) is 12.5. The van der Waals surface area contributed by atoms with Crippen molar-refractivity contribution in [3.63, 3.8) is 0 Å². The van der Waals surface area contributed by atoms with Gasteiger partial charge in [0, 0.05) is 6.54 Å². The lowest BCUT2D eigenvalue weighted by atomic mass is 10.0. The van der Waals surface area contributed by atoms with Gasteiger partial charge in [-0.25, -0.2) is 0 Å². The van der Waals surface area contributed by atoms with E-state index in [4.69, 9.17) is 5.73 Å². The fourth-order valence-electron chi connectivity index (χ4n) is 1.93. The first-order valence-electron chi connectivity index (χ1n) is 7.61. The summed E-state index contributed by atoms with van der Waals surface area (Å²) in [6, 6.07) is -0.314. The second-order valence-corrected chi connectivity index (χ2v) is 5.64. The van der Waals surface area contributed by atoms with Crippen molar-refractivity contribution >= 4 is 5.91 Å². The minimum atomic E-state index is -0.314. The molecule has 3 N–H and O–H groups in total. The molecule has 108 valence electrons. The predicted molar refractivity (Wildman–Crippen MR) is 78.4 cm³/mol. The molecule has 0 unspecified atom stereocenters. The van der Waals surface area contributed by atoms with Crippen molar-refractivity contribution in [1.82, 2.24) is 5.32 Å². The maximum Gasteiger partial charge on any atom is 0.236 e. The van der Waals surface area contributed by atoms with E-state index in [0.29, 0.717) is 0 Å². The molecule has 0 aliphatic rings. The van der Waals surface area contributed by atoms with Gasteiger partial charge in [0.15, 0.2) is 0 Å². The van der Waals surface area contributed by atoms with Gasteiger partial charge in [-0.3, -0.25) is 4.79 Å². The summed E-state index contributed by atoms with van der Waals surface area (Å²) in [6.07, 6.45) is 9.10. The van der Waals surface area contributed by atoms with Crippen molar-refractivity contribution < 1.29 is 4.79 Å². The van der Waals surface area contributed by atoms with Crippen LogP contribution >= 0.6 is 0 Å². The van der Waals surface area contributed by atoms with Gasteiger partial charge in [0.05, 0.1) is 6.04 Å². The van der Waals surface area contributed by atoms with Gasteiger partial charge in [-0.1, -0.05) is 59.3 Å². The molecule has 0 saturated heterocycles. The molecule has 1 atom stereocenters. The molecular formula is C15H32N2O. The maximum atomic E-state index is 11.6. The Morgan fingerprint density at radius 1 is 1.06 bits per heavy atom. The molecule has 3 nitrogen and oxygen atoms in total. The Labute approximate surface area is 113 Å². The summed E-state index contributed by atoms with van der Waals surface area (Å²) in [5, 5.41) is 2.93. The van der Waals surface area contributed by atoms with E-state index in [2.05, 4.69) is 26.1 Å². The van der Waals surface area contributed by atoms with Crippen LogP contribution in [0.2, 0.25) is 0 Å². The summed E-state index contributed by atoms with van der Waals surface area (Å²) in [4.78, 5) is 11.6. The lowest BCUT2D eigenvalue weighted by Crippen LogP contribution is -2.40. The smallest absolute Gasteiger partial charge is 0.236 e. The van der Waals surface area contributed by atoms with Gasteiger partial charge in [-0.2, -0.15) is 0 Å². The Hall–Kier alpha value is -0.570. The number of nitrogens with one attached hydrogen (secondary N) is 1. The largest absolute Gasteiger partial charge is 0.355 e. The van der Waals surface area contributed by atoms with Crippen molar-refractivity contribution in [2.75, 3.05) is 6.54 Å². The number of hydrogen-bond donors (Lipinski definition) is 2. The summed E-state index contributed by atoms with van der Waals surface area (Å²) >= 11 is 0. The highest BCUT2D eigenvalue weighted by Gasteiger charge is 2.11. The maximum absolute atomic E-state index is 11.6. The molecule has 0 aliphatic heterocycles. The average molecular weight is 256 g/mol. The summed E-state index contributed by atoms with van der Waals surface area (Å²) in [5.41, 5.74) is 5.79. The number of unbranched alkanes of at least 4 members (excludes halogenated alkanes) is 4. The average Bonchev–Trinajstić information content (AvgIpc) is 2.34. The van der Waals surface area contributed by atoms with Gasteiger partial charge < -0.3 is 11.1 Å². The molecule has 0 radical (unpaired) electrons. The molecule has 3 heteroatoms. The van der Waals surface area contributed by atoms with Gasteiger partial charge in [-0.05, 0) is 18.8 Å². The number of carbonyl (C=O) groups is 1. The van der Waals surface area contributed by atoms with Crippen LogP contribution in [0.3, 0.4) is 0 Å². The molecule has 0 aromatic heterocycles. The van der Waals surface area contributed by atoms with Crippen molar-refractivity contribution in [3.05, 3.63) is 0 Å². The second-order valence-electron chi connectivity index (χ2n) is 5.64. The zero-order chi connectivity index (χ0) is 13.8. The van der Waals surface area contributed by atoms with Crippen molar-refractivity contribution in [1.29, 1.82) is 0 Å². The van der Waals surface area contributed by atoms with Gasteiger partial charge >= 0.3 is 0 Å². The number of nitrogens with two attached hydrogens (primary N) is 1. The number of carbonyl (C=O) groups excluding carboxylic acids is 1. The molecule has 0 saturated carbocycles. The van der Waals surface area contributed by atoms with E-state index < -0.39 is 0 Å². The number of rotatable bonds is 11. The first kappa shape index (κ1) is 17.4. The van der Waals surface area contributed by atoms with E-state index in [-0.39, 0.29) is 11.9 Å². The molecule has 0 fully saturated rings. The molecule has 0 aromatic carbocycles. The van der Waals surface area contributed by atoms with Crippen LogP contribution in [0.5, 0.6) is 0 Å². The standard InChI is InChI=1S/C15H32N2O/c1-4-5-11-14(16)15(18)17-12-9-7-6-8-10-13(2)3/h13-14H,4-12,16H2,1-3H3,(H,17,18)/t14-/m0/s1. The SMILES string of the molecule is CCCC[C@H](N)C(=O)NCCCCCCC(C)C. The van der Waals surface area contributed by atoms with Crippen molar-refractivity contribution in [2.45, 2.75) is 78.2 Å². The van der Waals surface area contributed by atoms with E-state index in [9.17, 15) is 4.79 Å². The van der Waals surface area contributed by atoms with Crippen LogP contribution in [0.4, 0.5) is 0 Å². The number of hydrogen-bond acceptors (Lipinski definition) is 2. The molecular weight excluding hydrogens is 224 g/mol. The van der Waals surface area contributed by atoms with E-state index in [1.54, 1.807) is 0 Å². The van der Waals surface area contributed by atoms with Crippen molar-refractivity contribution in [2.24, 2.45) is 11.7 Å². The minimum Gasteiger partial charge on any atom is -0.355 e. The molecule has 0 aromatic rings. The molecule has 0 heterocycles. The topological polar surface area (TPSA) is 55.1 Å². The highest BCUT2D eigenvalue weighted by atomic mass is 16.2. The third-order valence-electron chi connectivity index (χ3n) is 3.21. The van der Waals surface area contributed by atoms with Crippen LogP contribution in [0.1, 0.15) is 72.1 Å². The van der Waals surface area contributed by atoms with Crippen LogP contribution in [0, 0.1) is 5.92 Å². The van der Waals surface area contributed by atoms with Crippen molar-refractivity contribution in [3.8, 4) is 0 Å². The summed E-state index contributed by atoms with van der Waals surface area (Å²) in [5.74, 6) is 0.826. The van der Waals surface area contributed by atoms with Crippen LogP contribution in [-0.2, 0) is 4.79 Å². The quantitative estimate of drug-likeness (QED) is 0.558. The van der Waals surface area contributed by atoms with Gasteiger partial charge in [0.25, 0.3) is 0 Å². The Balaban J connectivity index is 3.34. The summed E-state index contributed by atoms with van der Waals surface area (Å²) < 4.78 is 0. The summed E-state index contributed by atoms with van der Waals surface area (Å²) in [7, 11) is 0. The lowest BCUT2D eigenvalue weighted by Gasteiger charge is -2.11. The Morgan fingerprint density at radius 3 is 2.33 bits per heavy atom. The monoisotopic (exact) mass is 256 g/mol. The predicted octanol–water partition coefficient (Wildman–Crippen LogP) is 3.23. The molecule has 0 aliphatic carbocycles. The van der Waals surface area contributed by atoms with Crippen LogP contribution in [0.25, 0.3) is 0 Å². The third-order valence-corrected chi connectivity index (χ3v) is 3.21. The Kier molecular flexibility index (Phi) is 11.2. The van der Waals surface area contributed by atoms with Gasteiger partial charge in [-0.15, -0.1) is 0 Å².